The van der Waals surface area contributed by atoms with Gasteiger partial charge in [-0.3, -0.25) is 0 Å². The lowest BCUT2D eigenvalue weighted by Gasteiger charge is -2.41. The van der Waals surface area contributed by atoms with Crippen molar-refractivity contribution in [3.63, 3.8) is 0 Å². The van der Waals surface area contributed by atoms with Crippen LogP contribution in [0.25, 0.3) is 0 Å². The van der Waals surface area contributed by atoms with Crippen LogP contribution in [0, 0.1) is 35.3 Å². The van der Waals surface area contributed by atoms with E-state index in [0.717, 1.165) is 17.8 Å². The van der Waals surface area contributed by atoms with E-state index in [2.05, 4.69) is 26.6 Å². The van der Waals surface area contributed by atoms with E-state index in [1.54, 1.807) is 6.92 Å². The summed E-state index contributed by atoms with van der Waals surface area (Å²) in [6, 6.07) is 2.89. The highest BCUT2D eigenvalue weighted by Gasteiger charge is 2.35. The molecule has 200 valence electrons. The first-order chi connectivity index (χ1) is 16.7. The third-order valence-electron chi connectivity index (χ3n) is 8.07. The summed E-state index contributed by atoms with van der Waals surface area (Å²) in [5, 5.41) is 0. The van der Waals surface area contributed by atoms with Crippen molar-refractivity contribution in [2.45, 2.75) is 110 Å². The molecule has 0 N–H and O–H groups in total. The van der Waals surface area contributed by atoms with Crippen LogP contribution in [0.5, 0.6) is 11.5 Å². The van der Waals surface area contributed by atoms with Crippen molar-refractivity contribution >= 4 is 8.32 Å². The second-order valence-electron chi connectivity index (χ2n) is 11.8. The molecule has 0 spiro atoms. The zero-order valence-electron chi connectivity index (χ0n) is 22.7. The Hall–Kier alpha value is -1.14. The fraction of sp³-hybridized carbons (Fsp3) is 0.793. The molecular formula is C29H48F2O3Si. The molecule has 2 aliphatic carbocycles. The first kappa shape index (κ1) is 28.4. The number of halogens is 2. The minimum atomic E-state index is -1.74. The fourth-order valence-corrected chi connectivity index (χ4v) is 7.59. The molecule has 1 atom stereocenters. The molecule has 0 aliphatic heterocycles. The molecule has 1 aromatic rings. The van der Waals surface area contributed by atoms with Crippen molar-refractivity contribution in [3.05, 3.63) is 23.8 Å². The van der Waals surface area contributed by atoms with Gasteiger partial charge in [-0.2, -0.15) is 8.78 Å². The van der Waals surface area contributed by atoms with Crippen LogP contribution in [0.15, 0.2) is 12.1 Å². The molecule has 0 bridgehead atoms. The molecule has 2 saturated carbocycles. The van der Waals surface area contributed by atoms with Crippen LogP contribution in [-0.2, 0) is 4.43 Å². The zero-order chi connectivity index (χ0) is 25.4. The third kappa shape index (κ3) is 8.45. The second kappa shape index (κ2) is 13.4. The zero-order valence-corrected chi connectivity index (χ0v) is 23.7. The van der Waals surface area contributed by atoms with Crippen LogP contribution in [0.2, 0.25) is 19.6 Å². The van der Waals surface area contributed by atoms with Gasteiger partial charge in [0.1, 0.15) is 0 Å². The average Bonchev–Trinajstić information content (AvgIpc) is 2.83. The molecular weight excluding hydrogens is 462 g/mol. The lowest BCUT2D eigenvalue weighted by Crippen LogP contribution is -2.39. The molecule has 6 heteroatoms. The first-order valence-corrected chi connectivity index (χ1v) is 17.5. The summed E-state index contributed by atoms with van der Waals surface area (Å²) >= 11 is 0. The minimum Gasteiger partial charge on any atom is -0.491 e. The monoisotopic (exact) mass is 510 g/mol. The molecule has 3 rings (SSSR count). The minimum absolute atomic E-state index is 0.0555. The van der Waals surface area contributed by atoms with E-state index in [-0.39, 0.29) is 24.2 Å². The van der Waals surface area contributed by atoms with E-state index in [1.807, 2.05) is 0 Å². The summed E-state index contributed by atoms with van der Waals surface area (Å²) in [5.74, 6) is 1.19. The van der Waals surface area contributed by atoms with Crippen molar-refractivity contribution in [1.82, 2.24) is 0 Å². The standard InChI is InChI=1S/C29H48F2O3Si/c1-6-8-21-9-11-22(12-10-21)23-13-15-24(16-14-23)25(34-35(3,4)5)19-20-33-27-18-17-26(32-7-2)28(30)29(27)31/h17-18,21-25H,6-16,19-20H2,1-5H3. The maximum absolute atomic E-state index is 14.4. The van der Waals surface area contributed by atoms with Gasteiger partial charge in [0.05, 0.1) is 19.3 Å². The molecule has 1 unspecified atom stereocenters. The molecule has 0 radical (unpaired) electrons. The Labute approximate surface area is 213 Å². The predicted molar refractivity (Wildman–Crippen MR) is 142 cm³/mol. The molecule has 3 nitrogen and oxygen atoms in total. The average molecular weight is 511 g/mol. The highest BCUT2D eigenvalue weighted by Crippen LogP contribution is 2.43. The van der Waals surface area contributed by atoms with Gasteiger partial charge in [0.2, 0.25) is 11.6 Å². The first-order valence-electron chi connectivity index (χ1n) is 14.1. The molecule has 1 aromatic carbocycles. The van der Waals surface area contributed by atoms with E-state index < -0.39 is 20.0 Å². The van der Waals surface area contributed by atoms with Gasteiger partial charge < -0.3 is 13.9 Å². The Kier molecular flexibility index (Phi) is 10.9. The van der Waals surface area contributed by atoms with Crippen LogP contribution in [0.4, 0.5) is 8.78 Å². The molecule has 0 saturated heterocycles. The summed E-state index contributed by atoms with van der Waals surface area (Å²) in [5.41, 5.74) is 0. The van der Waals surface area contributed by atoms with E-state index in [1.165, 1.54) is 76.3 Å². The molecule has 0 amide bonds. The van der Waals surface area contributed by atoms with E-state index >= 15 is 0 Å². The van der Waals surface area contributed by atoms with Crippen LogP contribution in [0.1, 0.15) is 84.5 Å². The summed E-state index contributed by atoms with van der Waals surface area (Å²) in [6.07, 6.45) is 14.3. The lowest BCUT2D eigenvalue weighted by molar-refractivity contribution is 0.0536. The van der Waals surface area contributed by atoms with Crippen LogP contribution in [-0.4, -0.2) is 27.6 Å². The normalized spacial score (nSPS) is 26.4. The Morgan fingerprint density at radius 3 is 1.89 bits per heavy atom. The van der Waals surface area contributed by atoms with Crippen molar-refractivity contribution in [3.8, 4) is 11.5 Å². The molecule has 0 heterocycles. The van der Waals surface area contributed by atoms with E-state index in [9.17, 15) is 8.78 Å². The second-order valence-corrected chi connectivity index (χ2v) is 16.2. The van der Waals surface area contributed by atoms with Crippen molar-refractivity contribution in [1.29, 1.82) is 0 Å². The number of benzene rings is 1. The van der Waals surface area contributed by atoms with Gasteiger partial charge in [-0.15, -0.1) is 0 Å². The largest absolute Gasteiger partial charge is 0.491 e. The lowest BCUT2D eigenvalue weighted by atomic mass is 9.68. The summed E-state index contributed by atoms with van der Waals surface area (Å²) < 4.78 is 46.1. The Balaban J connectivity index is 1.52. The van der Waals surface area contributed by atoms with Gasteiger partial charge in [-0.05, 0) is 101 Å². The Bertz CT molecular complexity index is 766. The number of hydrogen-bond acceptors (Lipinski definition) is 3. The van der Waals surface area contributed by atoms with E-state index in [4.69, 9.17) is 13.9 Å². The van der Waals surface area contributed by atoms with Crippen LogP contribution in [0.3, 0.4) is 0 Å². The molecule has 2 aliphatic rings. The Morgan fingerprint density at radius 1 is 0.829 bits per heavy atom. The van der Waals surface area contributed by atoms with Crippen molar-refractivity contribution < 1.29 is 22.7 Å². The fourth-order valence-electron chi connectivity index (χ4n) is 6.37. The summed E-state index contributed by atoms with van der Waals surface area (Å²) in [7, 11) is -1.74. The highest BCUT2D eigenvalue weighted by molar-refractivity contribution is 6.69. The van der Waals surface area contributed by atoms with Gasteiger partial charge in [0.15, 0.2) is 19.8 Å². The highest BCUT2D eigenvalue weighted by atomic mass is 28.4. The Morgan fingerprint density at radius 2 is 1.37 bits per heavy atom. The van der Waals surface area contributed by atoms with Gasteiger partial charge >= 0.3 is 0 Å². The summed E-state index contributed by atoms with van der Waals surface area (Å²) in [6.45, 7) is 11.3. The maximum Gasteiger partial charge on any atom is 0.204 e. The number of rotatable bonds is 12. The third-order valence-corrected chi connectivity index (χ3v) is 9.08. The van der Waals surface area contributed by atoms with Crippen molar-refractivity contribution in [2.75, 3.05) is 13.2 Å². The van der Waals surface area contributed by atoms with Gasteiger partial charge in [0, 0.05) is 6.42 Å². The van der Waals surface area contributed by atoms with Crippen LogP contribution < -0.4 is 9.47 Å². The number of ether oxygens (including phenoxy) is 2. The quantitative estimate of drug-likeness (QED) is 0.263. The van der Waals surface area contributed by atoms with Crippen LogP contribution >= 0.6 is 0 Å². The predicted octanol–water partition coefficient (Wildman–Crippen LogP) is 8.77. The molecule has 0 aromatic heterocycles. The smallest absolute Gasteiger partial charge is 0.204 e. The number of hydrogen-bond donors (Lipinski definition) is 0. The maximum atomic E-state index is 14.4. The summed E-state index contributed by atoms with van der Waals surface area (Å²) in [4.78, 5) is 0. The van der Waals surface area contributed by atoms with Gasteiger partial charge in [-0.1, -0.05) is 32.6 Å². The molecule has 35 heavy (non-hydrogen) atoms. The SMILES string of the molecule is CCCC1CCC(C2CCC(C(CCOc3ccc(OCC)c(F)c3F)O[Si](C)(C)C)CC2)CC1. The molecule has 2 fully saturated rings. The van der Waals surface area contributed by atoms with Crippen molar-refractivity contribution in [2.24, 2.45) is 23.7 Å². The topological polar surface area (TPSA) is 27.7 Å². The van der Waals surface area contributed by atoms with Gasteiger partial charge in [0.25, 0.3) is 0 Å². The van der Waals surface area contributed by atoms with E-state index in [0.29, 0.717) is 18.9 Å². The van der Waals surface area contributed by atoms with Gasteiger partial charge in [-0.25, -0.2) is 0 Å².